The van der Waals surface area contributed by atoms with Gasteiger partial charge in [0.2, 0.25) is 0 Å². The molecule has 0 spiro atoms. The Balaban J connectivity index is 1.15. The monoisotopic (exact) mass is 769 g/mol. The van der Waals surface area contributed by atoms with Crippen molar-refractivity contribution in [2.45, 2.75) is 0 Å². The number of carbonyl (C=O) groups is 1. The van der Waals surface area contributed by atoms with E-state index in [9.17, 15) is 9.90 Å². The SMILES string of the molecule is N#CC(C#N)=Cc1ccc(-c2ccc(-c3ccc(N(c4ccc(C(=O)O)cc4)c4ccc(-c5ccc(-c6ccc(C=C(C#N)C#N)s6)s5)cc4)cc3)s2)s1. The van der Waals surface area contributed by atoms with Gasteiger partial charge in [-0.2, -0.15) is 21.0 Å². The molecular formula is C43H23N5O2S4. The Kier molecular flexibility index (Phi) is 10.4. The minimum absolute atomic E-state index is 0.0728. The van der Waals surface area contributed by atoms with E-state index in [1.165, 1.54) is 22.7 Å². The second-order valence-electron chi connectivity index (χ2n) is 11.6. The summed E-state index contributed by atoms with van der Waals surface area (Å²) >= 11 is 6.39. The molecule has 0 aliphatic carbocycles. The van der Waals surface area contributed by atoms with Crippen molar-refractivity contribution >= 4 is 80.5 Å². The highest BCUT2D eigenvalue weighted by Gasteiger charge is 2.16. The molecule has 0 bridgehead atoms. The number of thiophene rings is 4. The molecule has 7 rings (SSSR count). The molecule has 0 aliphatic rings. The van der Waals surface area contributed by atoms with E-state index in [-0.39, 0.29) is 16.7 Å². The lowest BCUT2D eigenvalue weighted by molar-refractivity contribution is 0.0697. The zero-order valence-corrected chi connectivity index (χ0v) is 31.2. The van der Waals surface area contributed by atoms with Crippen molar-refractivity contribution in [2.24, 2.45) is 0 Å². The van der Waals surface area contributed by atoms with Gasteiger partial charge in [0.15, 0.2) is 0 Å². The maximum atomic E-state index is 11.6. The van der Waals surface area contributed by atoms with Crippen LogP contribution >= 0.6 is 45.3 Å². The zero-order chi connectivity index (χ0) is 37.6. The topological polar surface area (TPSA) is 136 Å². The molecule has 0 atom stereocenters. The third-order valence-electron chi connectivity index (χ3n) is 8.20. The first kappa shape index (κ1) is 35.6. The van der Waals surface area contributed by atoms with Gasteiger partial charge in [-0.15, -0.1) is 45.3 Å². The molecule has 256 valence electrons. The van der Waals surface area contributed by atoms with Crippen LogP contribution in [0.4, 0.5) is 17.1 Å². The average Bonchev–Trinajstić information content (AvgIpc) is 4.05. The summed E-state index contributed by atoms with van der Waals surface area (Å²) in [6.07, 6.45) is 3.20. The van der Waals surface area contributed by atoms with Gasteiger partial charge in [0.25, 0.3) is 0 Å². The summed E-state index contributed by atoms with van der Waals surface area (Å²) in [6.45, 7) is 0. The van der Waals surface area contributed by atoms with Crippen LogP contribution in [0.25, 0.3) is 52.5 Å². The Labute approximate surface area is 327 Å². The van der Waals surface area contributed by atoms with Crippen molar-refractivity contribution in [3.8, 4) is 64.7 Å². The van der Waals surface area contributed by atoms with Crippen molar-refractivity contribution < 1.29 is 9.90 Å². The Morgan fingerprint density at radius 3 is 1.17 bits per heavy atom. The lowest BCUT2D eigenvalue weighted by atomic mass is 10.1. The number of nitriles is 4. The van der Waals surface area contributed by atoms with Crippen molar-refractivity contribution in [2.75, 3.05) is 4.90 Å². The van der Waals surface area contributed by atoms with E-state index >= 15 is 0 Å². The largest absolute Gasteiger partial charge is 0.478 e. The Bertz CT molecular complexity index is 2540. The van der Waals surface area contributed by atoms with E-state index in [1.807, 2.05) is 60.7 Å². The van der Waals surface area contributed by atoms with Crippen LogP contribution in [-0.2, 0) is 0 Å². The summed E-state index contributed by atoms with van der Waals surface area (Å²) in [4.78, 5) is 21.9. The van der Waals surface area contributed by atoms with E-state index in [1.54, 1.807) is 47.0 Å². The quantitative estimate of drug-likeness (QED) is 0.137. The van der Waals surface area contributed by atoms with Crippen LogP contribution in [0.3, 0.4) is 0 Å². The summed E-state index contributed by atoms with van der Waals surface area (Å²) in [5.41, 5.74) is 5.09. The number of nitrogens with zero attached hydrogens (tertiary/aromatic N) is 5. The number of carboxylic acids is 1. The summed E-state index contributed by atoms with van der Waals surface area (Å²) in [7, 11) is 0. The highest BCUT2D eigenvalue weighted by molar-refractivity contribution is 7.24. The van der Waals surface area contributed by atoms with Gasteiger partial charge < -0.3 is 10.0 Å². The fourth-order valence-corrected chi connectivity index (χ4v) is 9.70. The minimum Gasteiger partial charge on any atom is -0.478 e. The maximum absolute atomic E-state index is 11.6. The highest BCUT2D eigenvalue weighted by Crippen LogP contribution is 2.42. The molecule has 54 heavy (non-hydrogen) atoms. The summed E-state index contributed by atoms with van der Waals surface area (Å²) < 4.78 is 0. The molecule has 0 radical (unpaired) electrons. The fourth-order valence-electron chi connectivity index (χ4n) is 5.59. The molecule has 11 heteroatoms. The van der Waals surface area contributed by atoms with Gasteiger partial charge in [0, 0.05) is 56.1 Å². The van der Waals surface area contributed by atoms with Crippen LogP contribution in [0.2, 0.25) is 0 Å². The van der Waals surface area contributed by atoms with Gasteiger partial charge in [-0.3, -0.25) is 0 Å². The van der Waals surface area contributed by atoms with Gasteiger partial charge in [0.05, 0.1) is 5.56 Å². The predicted octanol–water partition coefficient (Wildman–Crippen LogP) is 12.6. The third kappa shape index (κ3) is 7.67. The van der Waals surface area contributed by atoms with Gasteiger partial charge in [-0.25, -0.2) is 4.79 Å². The summed E-state index contributed by atoms with van der Waals surface area (Å²) in [5.74, 6) is -0.985. The molecule has 7 nitrogen and oxygen atoms in total. The van der Waals surface area contributed by atoms with Crippen LogP contribution in [-0.4, -0.2) is 11.1 Å². The lowest BCUT2D eigenvalue weighted by Gasteiger charge is -2.26. The smallest absolute Gasteiger partial charge is 0.335 e. The maximum Gasteiger partial charge on any atom is 0.335 e. The van der Waals surface area contributed by atoms with Gasteiger partial charge >= 0.3 is 5.97 Å². The van der Waals surface area contributed by atoms with E-state index in [0.717, 1.165) is 67.2 Å². The van der Waals surface area contributed by atoms with Crippen LogP contribution in [0.5, 0.6) is 0 Å². The normalized spacial score (nSPS) is 10.3. The van der Waals surface area contributed by atoms with E-state index in [2.05, 4.69) is 77.7 Å². The Morgan fingerprint density at radius 2 is 0.796 bits per heavy atom. The molecule has 7 aromatic rings. The number of anilines is 3. The van der Waals surface area contributed by atoms with Crippen LogP contribution < -0.4 is 4.90 Å². The molecule has 0 saturated heterocycles. The van der Waals surface area contributed by atoms with Crippen molar-refractivity contribution in [3.05, 3.63) is 148 Å². The van der Waals surface area contributed by atoms with Crippen LogP contribution in [0.15, 0.2) is 132 Å². The molecule has 4 heterocycles. The summed E-state index contributed by atoms with van der Waals surface area (Å²) in [5, 5.41) is 45.9. The van der Waals surface area contributed by atoms with E-state index < -0.39 is 5.97 Å². The third-order valence-corrected chi connectivity index (χ3v) is 12.9. The number of allylic oxidation sites excluding steroid dienone is 2. The van der Waals surface area contributed by atoms with E-state index in [4.69, 9.17) is 21.0 Å². The molecule has 0 amide bonds. The molecule has 0 unspecified atom stereocenters. The molecule has 1 N–H and O–H groups in total. The molecule has 3 aromatic carbocycles. The number of carboxylic acid groups (broad SMARTS) is 1. The number of hydrogen-bond acceptors (Lipinski definition) is 10. The Hall–Kier alpha value is -6.83. The molecule has 0 aliphatic heterocycles. The van der Waals surface area contributed by atoms with Gasteiger partial charge in [-0.05, 0) is 120 Å². The first-order chi connectivity index (χ1) is 26.3. The van der Waals surface area contributed by atoms with Crippen molar-refractivity contribution in [1.29, 1.82) is 21.0 Å². The predicted molar refractivity (Wildman–Crippen MR) is 220 cm³/mol. The number of rotatable bonds is 10. The van der Waals surface area contributed by atoms with Gasteiger partial charge in [-0.1, -0.05) is 24.3 Å². The molecule has 0 fully saturated rings. The second-order valence-corrected chi connectivity index (χ2v) is 16.0. The minimum atomic E-state index is -0.985. The Morgan fingerprint density at radius 1 is 0.463 bits per heavy atom. The lowest BCUT2D eigenvalue weighted by Crippen LogP contribution is -2.10. The van der Waals surface area contributed by atoms with Crippen molar-refractivity contribution in [1.82, 2.24) is 0 Å². The first-order valence-electron chi connectivity index (χ1n) is 16.1. The summed E-state index contributed by atoms with van der Waals surface area (Å²) in [6, 6.07) is 47.1. The zero-order valence-electron chi connectivity index (χ0n) is 27.9. The van der Waals surface area contributed by atoms with Crippen LogP contribution in [0.1, 0.15) is 20.1 Å². The molecule has 0 saturated carbocycles. The number of aromatic carboxylic acids is 1. The molecule has 4 aromatic heterocycles. The highest BCUT2D eigenvalue weighted by atomic mass is 32.1. The average molecular weight is 770 g/mol. The van der Waals surface area contributed by atoms with E-state index in [0.29, 0.717) is 0 Å². The first-order valence-corrected chi connectivity index (χ1v) is 19.4. The number of benzene rings is 3. The van der Waals surface area contributed by atoms with Gasteiger partial charge in [0.1, 0.15) is 35.4 Å². The second kappa shape index (κ2) is 15.8. The molecular weight excluding hydrogens is 747 g/mol. The van der Waals surface area contributed by atoms with Crippen LogP contribution in [0, 0.1) is 45.3 Å². The number of hydrogen-bond donors (Lipinski definition) is 1. The standard InChI is InChI=1S/C43H23N5O2S4/c44-23-27(24-45)21-35-13-15-39(51-35)41-19-17-37(53-41)29-1-7-32(8-2-29)48(34-11-5-31(6-12-34)43(49)50)33-9-3-30(4-10-33)38-18-20-42(54-38)40-16-14-36(52-40)22-28(25-46)26-47/h1-22H,(H,49,50). The van der Waals surface area contributed by atoms with Crippen molar-refractivity contribution in [3.63, 3.8) is 0 Å². The fraction of sp³-hybridized carbons (Fsp3) is 0.